The minimum Gasteiger partial charge on any atom is -0.486 e. The van der Waals surface area contributed by atoms with E-state index in [1.54, 1.807) is 0 Å². The summed E-state index contributed by atoms with van der Waals surface area (Å²) in [5.74, 6) is 0.674. The summed E-state index contributed by atoms with van der Waals surface area (Å²) in [5.41, 5.74) is 6.47. The lowest BCUT2D eigenvalue weighted by atomic mass is 10.3. The molecule has 0 aliphatic carbocycles. The molecule has 1 aliphatic heterocycles. The monoisotopic (exact) mass is 266 g/mol. The highest BCUT2D eigenvalue weighted by Crippen LogP contribution is 2.45. The molecule has 6 heteroatoms. The Balaban J connectivity index is 2.35. The van der Waals surface area contributed by atoms with E-state index in [2.05, 4.69) is 16.3 Å². The van der Waals surface area contributed by atoms with Crippen molar-refractivity contribution in [2.24, 2.45) is 0 Å². The third-order valence-electron chi connectivity index (χ3n) is 2.74. The van der Waals surface area contributed by atoms with Gasteiger partial charge in [0.25, 0.3) is 0 Å². The number of hydrogen-bond donors (Lipinski definition) is 2. The van der Waals surface area contributed by atoms with E-state index in [4.69, 9.17) is 15.7 Å². The molecule has 0 bridgehead atoms. The molecule has 1 aromatic rings. The molecule has 1 aromatic heterocycles. The van der Waals surface area contributed by atoms with Crippen LogP contribution in [0.4, 0.5) is 10.7 Å². The highest BCUT2D eigenvalue weighted by atomic mass is 32.1. The van der Waals surface area contributed by atoms with Gasteiger partial charge in [0.15, 0.2) is 5.75 Å². The first-order valence-corrected chi connectivity index (χ1v) is 6.89. The maximum absolute atomic E-state index is 9.08. The molecule has 2 rings (SSSR count). The number of rotatable bonds is 3. The minimum absolute atomic E-state index is 0.0510. The van der Waals surface area contributed by atoms with Crippen molar-refractivity contribution in [1.29, 1.82) is 5.26 Å². The van der Waals surface area contributed by atoms with Crippen LogP contribution in [0.2, 0.25) is 0 Å². The van der Waals surface area contributed by atoms with Crippen molar-refractivity contribution in [2.45, 2.75) is 20.0 Å². The van der Waals surface area contributed by atoms with E-state index in [1.807, 2.05) is 13.8 Å². The van der Waals surface area contributed by atoms with Crippen LogP contribution in [0.15, 0.2) is 0 Å². The average molecular weight is 266 g/mol. The number of anilines is 2. The van der Waals surface area contributed by atoms with Crippen molar-refractivity contribution in [3.05, 3.63) is 4.88 Å². The Hall–Kier alpha value is -1.45. The van der Waals surface area contributed by atoms with Crippen molar-refractivity contribution in [3.8, 4) is 11.8 Å². The van der Waals surface area contributed by atoms with E-state index in [9.17, 15) is 0 Å². The van der Waals surface area contributed by atoms with Crippen LogP contribution in [-0.2, 0) is 0 Å². The van der Waals surface area contributed by atoms with Crippen molar-refractivity contribution >= 4 is 22.0 Å². The zero-order chi connectivity index (χ0) is 13.1. The molecular weight excluding hydrogens is 248 g/mol. The normalized spacial score (nSPS) is 15.8. The van der Waals surface area contributed by atoms with E-state index in [0.717, 1.165) is 31.2 Å². The van der Waals surface area contributed by atoms with E-state index in [0.29, 0.717) is 16.3 Å². The van der Waals surface area contributed by atoms with Gasteiger partial charge in [0.05, 0.1) is 6.10 Å². The predicted octanol–water partition coefficient (Wildman–Crippen LogP) is 1.40. The fourth-order valence-corrected chi connectivity index (χ4v) is 2.93. The first-order valence-electron chi connectivity index (χ1n) is 6.08. The lowest BCUT2D eigenvalue weighted by Crippen LogP contribution is -2.43. The zero-order valence-corrected chi connectivity index (χ0v) is 11.5. The maximum Gasteiger partial charge on any atom is 0.178 e. The number of ether oxygens (including phenoxy) is 1. The van der Waals surface area contributed by atoms with Gasteiger partial charge in [-0.05, 0) is 13.8 Å². The Kier molecular flexibility index (Phi) is 3.94. The molecule has 0 spiro atoms. The molecule has 0 aromatic carbocycles. The summed E-state index contributed by atoms with van der Waals surface area (Å²) in [6.45, 7) is 7.65. The summed E-state index contributed by atoms with van der Waals surface area (Å²) in [7, 11) is 0. The molecule has 0 atom stereocenters. The van der Waals surface area contributed by atoms with Gasteiger partial charge in [0.1, 0.15) is 21.6 Å². The Bertz CT molecular complexity index is 457. The second kappa shape index (κ2) is 5.46. The fraction of sp³-hybridized carbons (Fsp3) is 0.583. The topological polar surface area (TPSA) is 74.3 Å². The molecule has 1 fully saturated rings. The van der Waals surface area contributed by atoms with E-state index >= 15 is 0 Å². The molecule has 1 saturated heterocycles. The van der Waals surface area contributed by atoms with Gasteiger partial charge in [-0.1, -0.05) is 0 Å². The number of nitrogens with one attached hydrogen (secondary N) is 1. The number of hydrogen-bond acceptors (Lipinski definition) is 6. The molecule has 5 nitrogen and oxygen atoms in total. The number of nitrogens with two attached hydrogens (primary N) is 1. The summed E-state index contributed by atoms with van der Waals surface area (Å²) in [6, 6.07) is 2.14. The number of nitriles is 1. The van der Waals surface area contributed by atoms with E-state index in [1.165, 1.54) is 11.3 Å². The average Bonchev–Trinajstić information content (AvgIpc) is 2.67. The standard InChI is InChI=1S/C12H18N4OS/c1-8(2)17-11-10(14)9(7-13)18-12(11)16-5-3-15-4-6-16/h8,15H,3-6,14H2,1-2H3. The summed E-state index contributed by atoms with van der Waals surface area (Å²) < 4.78 is 5.78. The predicted molar refractivity (Wildman–Crippen MR) is 74.3 cm³/mol. The van der Waals surface area contributed by atoms with Gasteiger partial charge >= 0.3 is 0 Å². The molecule has 1 aliphatic rings. The second-order valence-corrected chi connectivity index (χ2v) is 5.49. The highest BCUT2D eigenvalue weighted by Gasteiger charge is 2.23. The van der Waals surface area contributed by atoms with Crippen LogP contribution in [0.3, 0.4) is 0 Å². The molecular formula is C12H18N4OS. The number of thiophene rings is 1. The van der Waals surface area contributed by atoms with Crippen molar-refractivity contribution in [1.82, 2.24) is 5.32 Å². The Morgan fingerprint density at radius 1 is 1.44 bits per heavy atom. The van der Waals surface area contributed by atoms with Gasteiger partial charge in [-0.25, -0.2) is 0 Å². The Morgan fingerprint density at radius 3 is 2.67 bits per heavy atom. The van der Waals surface area contributed by atoms with Gasteiger partial charge in [-0.3, -0.25) is 0 Å². The van der Waals surface area contributed by atoms with Crippen LogP contribution in [-0.4, -0.2) is 32.3 Å². The van der Waals surface area contributed by atoms with E-state index in [-0.39, 0.29) is 6.10 Å². The first kappa shape index (κ1) is 13.0. The van der Waals surface area contributed by atoms with Gasteiger partial charge in [0.2, 0.25) is 0 Å². The van der Waals surface area contributed by atoms with Crippen LogP contribution in [0.1, 0.15) is 18.7 Å². The molecule has 0 saturated carbocycles. The second-order valence-electron chi connectivity index (χ2n) is 4.49. The highest BCUT2D eigenvalue weighted by molar-refractivity contribution is 7.17. The Labute approximate surface area is 111 Å². The largest absolute Gasteiger partial charge is 0.486 e. The summed E-state index contributed by atoms with van der Waals surface area (Å²) in [5, 5.41) is 13.4. The summed E-state index contributed by atoms with van der Waals surface area (Å²) >= 11 is 1.42. The molecule has 0 radical (unpaired) electrons. The molecule has 0 amide bonds. The summed E-state index contributed by atoms with van der Waals surface area (Å²) in [6.07, 6.45) is 0.0510. The van der Waals surface area contributed by atoms with Gasteiger partial charge in [-0.2, -0.15) is 5.26 Å². The zero-order valence-electron chi connectivity index (χ0n) is 10.7. The van der Waals surface area contributed by atoms with Crippen LogP contribution in [0.25, 0.3) is 0 Å². The van der Waals surface area contributed by atoms with Gasteiger partial charge in [-0.15, -0.1) is 11.3 Å². The van der Waals surface area contributed by atoms with Crippen LogP contribution in [0, 0.1) is 11.3 Å². The lowest BCUT2D eigenvalue weighted by molar-refractivity contribution is 0.245. The third-order valence-corrected chi connectivity index (χ3v) is 3.89. The van der Waals surface area contributed by atoms with E-state index < -0.39 is 0 Å². The molecule has 0 unspecified atom stereocenters. The third kappa shape index (κ3) is 2.52. The Morgan fingerprint density at radius 2 is 2.11 bits per heavy atom. The quantitative estimate of drug-likeness (QED) is 0.865. The van der Waals surface area contributed by atoms with Crippen LogP contribution < -0.4 is 20.7 Å². The number of piperazine rings is 1. The lowest BCUT2D eigenvalue weighted by Gasteiger charge is -2.29. The molecule has 3 N–H and O–H groups in total. The van der Waals surface area contributed by atoms with Crippen molar-refractivity contribution in [2.75, 3.05) is 36.8 Å². The first-order chi connectivity index (χ1) is 8.63. The molecule has 2 heterocycles. The minimum atomic E-state index is 0.0510. The molecule has 18 heavy (non-hydrogen) atoms. The maximum atomic E-state index is 9.08. The van der Waals surface area contributed by atoms with Crippen molar-refractivity contribution in [3.63, 3.8) is 0 Å². The van der Waals surface area contributed by atoms with Crippen LogP contribution in [0.5, 0.6) is 5.75 Å². The van der Waals surface area contributed by atoms with Gasteiger partial charge in [0, 0.05) is 26.2 Å². The number of nitrogen functional groups attached to an aromatic ring is 1. The van der Waals surface area contributed by atoms with Gasteiger partial charge < -0.3 is 20.7 Å². The summed E-state index contributed by atoms with van der Waals surface area (Å²) in [4.78, 5) is 2.77. The fourth-order valence-electron chi connectivity index (χ4n) is 1.93. The van der Waals surface area contributed by atoms with Crippen LogP contribution >= 0.6 is 11.3 Å². The SMILES string of the molecule is CC(C)Oc1c(N2CCNCC2)sc(C#N)c1N. The molecule has 98 valence electrons. The number of nitrogens with zero attached hydrogens (tertiary/aromatic N) is 2. The van der Waals surface area contributed by atoms with Crippen molar-refractivity contribution < 1.29 is 4.74 Å². The smallest absolute Gasteiger partial charge is 0.178 e.